The van der Waals surface area contributed by atoms with Gasteiger partial charge in [-0.1, -0.05) is 12.5 Å². The number of hydrogen-bond donors (Lipinski definition) is 4. The van der Waals surface area contributed by atoms with Crippen molar-refractivity contribution in [2.24, 2.45) is 10.2 Å². The second-order valence-electron chi connectivity index (χ2n) is 9.35. The van der Waals surface area contributed by atoms with Crippen LogP contribution in [0, 0.1) is 0 Å². The van der Waals surface area contributed by atoms with Crippen LogP contribution in [0.4, 0.5) is 24.5 Å². The largest absolute Gasteiger partial charge is 0.506 e. The van der Waals surface area contributed by atoms with Crippen LogP contribution in [0.2, 0.25) is 0 Å². The Bertz CT molecular complexity index is 1300. The van der Waals surface area contributed by atoms with E-state index in [4.69, 9.17) is 4.84 Å². The summed E-state index contributed by atoms with van der Waals surface area (Å²) in [7, 11) is 0. The summed E-state index contributed by atoms with van der Waals surface area (Å²) in [6, 6.07) is 10.5. The molecule has 15 heteroatoms. The van der Waals surface area contributed by atoms with Gasteiger partial charge in [0.25, 0.3) is 5.91 Å². The van der Waals surface area contributed by atoms with Crippen LogP contribution >= 0.6 is 0 Å². The number of aromatic hydroxyl groups is 1. The number of carbonyl (C=O) groups is 4. The molecule has 12 nitrogen and oxygen atoms in total. The molecule has 1 heterocycles. The van der Waals surface area contributed by atoms with Gasteiger partial charge in [-0.3, -0.25) is 14.4 Å². The Morgan fingerprint density at radius 1 is 1.00 bits per heavy atom. The summed E-state index contributed by atoms with van der Waals surface area (Å²) in [5, 5.41) is 33.1. The first-order chi connectivity index (χ1) is 19.9. The van der Waals surface area contributed by atoms with E-state index < -0.39 is 30.2 Å². The Hall–Kier alpha value is -4.53. The lowest BCUT2D eigenvalue weighted by Gasteiger charge is -2.18. The highest BCUT2D eigenvalue weighted by molar-refractivity contribution is 5.91. The highest BCUT2D eigenvalue weighted by atomic mass is 19.4. The number of unbranched alkanes of at least 4 members (excludes halogenated alkanes) is 2. The predicted molar refractivity (Wildman–Crippen MR) is 140 cm³/mol. The number of alkyl halides is 3. The van der Waals surface area contributed by atoms with Crippen molar-refractivity contribution in [3.05, 3.63) is 53.6 Å². The van der Waals surface area contributed by atoms with Crippen molar-refractivity contribution in [2.75, 3.05) is 13.1 Å². The number of rotatable bonds is 13. The predicted octanol–water partition coefficient (Wildman–Crippen LogP) is 3.72. The Morgan fingerprint density at radius 3 is 2.40 bits per heavy atom. The highest BCUT2D eigenvalue weighted by Gasteiger charge is 2.38. The molecule has 0 saturated carbocycles. The number of aliphatic hydroxyl groups is 1. The fraction of sp³-hybridized carbons (Fsp3) is 0.407. The molecular weight excluding hydrogens is 563 g/mol. The minimum absolute atomic E-state index is 0.0850. The summed E-state index contributed by atoms with van der Waals surface area (Å²) in [4.78, 5) is 51.6. The van der Waals surface area contributed by atoms with Gasteiger partial charge in [-0.2, -0.15) is 18.3 Å². The van der Waals surface area contributed by atoms with Gasteiger partial charge in [0.05, 0.1) is 11.3 Å². The zero-order valence-electron chi connectivity index (χ0n) is 22.4. The van der Waals surface area contributed by atoms with Gasteiger partial charge in [0.2, 0.25) is 5.91 Å². The Kier molecular flexibility index (Phi) is 11.4. The molecule has 42 heavy (non-hydrogen) atoms. The van der Waals surface area contributed by atoms with Gasteiger partial charge in [0.1, 0.15) is 11.4 Å². The molecule has 2 aromatic carbocycles. The van der Waals surface area contributed by atoms with Crippen LogP contribution in [-0.4, -0.2) is 64.5 Å². The standard InChI is InChI=1S/C27H30F3N5O7/c28-27(29,30)26(41)32-14-3-1-2-4-22(37)31-15-13-17-5-10-21(36)20(16-17)34-33-19-8-6-18(7-9-19)25(40)42-35-23(38)11-12-24(35)39/h5-10,16,23,36,38H,1-4,11-15H2,(H,31,37)(H,32,41). The van der Waals surface area contributed by atoms with Gasteiger partial charge >= 0.3 is 18.1 Å². The number of aliphatic hydroxyl groups excluding tert-OH is 1. The van der Waals surface area contributed by atoms with Crippen LogP contribution in [-0.2, 0) is 25.6 Å². The Morgan fingerprint density at radius 2 is 1.74 bits per heavy atom. The number of halogens is 3. The van der Waals surface area contributed by atoms with Crippen LogP contribution in [0.1, 0.15) is 54.4 Å². The number of hydroxylamine groups is 2. The first-order valence-corrected chi connectivity index (χ1v) is 13.1. The van der Waals surface area contributed by atoms with E-state index >= 15 is 0 Å². The summed E-state index contributed by atoms with van der Waals surface area (Å²) in [5.74, 6) is -3.62. The van der Waals surface area contributed by atoms with Crippen LogP contribution in [0.25, 0.3) is 0 Å². The second-order valence-corrected chi connectivity index (χ2v) is 9.35. The third-order valence-corrected chi connectivity index (χ3v) is 6.09. The Labute approximate surface area is 238 Å². The van der Waals surface area contributed by atoms with Gasteiger partial charge in [-0.15, -0.1) is 10.2 Å². The maximum atomic E-state index is 12.2. The van der Waals surface area contributed by atoms with Crippen LogP contribution < -0.4 is 10.6 Å². The van der Waals surface area contributed by atoms with Crippen molar-refractivity contribution in [1.82, 2.24) is 15.7 Å². The molecule has 0 bridgehead atoms. The third-order valence-electron chi connectivity index (χ3n) is 6.09. The fourth-order valence-electron chi connectivity index (χ4n) is 3.80. The molecule has 226 valence electrons. The number of benzene rings is 2. The molecule has 0 aromatic heterocycles. The first kappa shape index (κ1) is 32.0. The molecule has 3 amide bonds. The lowest BCUT2D eigenvalue weighted by Crippen LogP contribution is -2.37. The summed E-state index contributed by atoms with van der Waals surface area (Å²) < 4.78 is 36.3. The number of azo groups is 1. The minimum Gasteiger partial charge on any atom is -0.506 e. The first-order valence-electron chi connectivity index (χ1n) is 13.1. The third kappa shape index (κ3) is 9.83. The van der Waals surface area contributed by atoms with Gasteiger partial charge in [0, 0.05) is 32.4 Å². The summed E-state index contributed by atoms with van der Waals surface area (Å²) in [5.41, 5.74) is 1.44. The molecule has 0 radical (unpaired) electrons. The van der Waals surface area contributed by atoms with Crippen molar-refractivity contribution >= 4 is 35.1 Å². The number of amides is 3. The monoisotopic (exact) mass is 593 g/mol. The van der Waals surface area contributed by atoms with Gasteiger partial charge in [0.15, 0.2) is 6.23 Å². The average Bonchev–Trinajstić information content (AvgIpc) is 3.26. The van der Waals surface area contributed by atoms with Crippen LogP contribution in [0.3, 0.4) is 0 Å². The maximum absolute atomic E-state index is 12.2. The zero-order valence-corrected chi connectivity index (χ0v) is 22.4. The molecule has 0 spiro atoms. The lowest BCUT2D eigenvalue weighted by atomic mass is 10.1. The van der Waals surface area contributed by atoms with E-state index in [1.165, 1.54) is 30.3 Å². The summed E-state index contributed by atoms with van der Waals surface area (Å²) in [6.07, 6.45) is -3.93. The van der Waals surface area contributed by atoms with Gasteiger partial charge in [-0.05, 0) is 61.2 Å². The molecular formula is C27H30F3N5O7. The SMILES string of the molecule is O=C(CCCCCNC(=O)C(F)(F)F)NCCc1ccc(O)c(N=Nc2ccc(C(=O)ON3C(=O)CCC3O)cc2)c1. The van der Waals surface area contributed by atoms with Crippen molar-refractivity contribution in [2.45, 2.75) is 57.3 Å². The molecule has 1 unspecified atom stereocenters. The number of nitrogens with zero attached hydrogens (tertiary/aromatic N) is 3. The van der Waals surface area contributed by atoms with E-state index in [2.05, 4.69) is 15.5 Å². The topological polar surface area (TPSA) is 170 Å². The highest BCUT2D eigenvalue weighted by Crippen LogP contribution is 2.29. The van der Waals surface area contributed by atoms with E-state index in [-0.39, 0.29) is 48.7 Å². The van der Waals surface area contributed by atoms with Crippen molar-refractivity contribution in [3.63, 3.8) is 0 Å². The summed E-state index contributed by atoms with van der Waals surface area (Å²) in [6.45, 7) is 0.188. The van der Waals surface area contributed by atoms with E-state index in [9.17, 15) is 42.6 Å². The molecule has 1 aliphatic heterocycles. The van der Waals surface area contributed by atoms with Crippen LogP contribution in [0.15, 0.2) is 52.7 Å². The molecule has 2 aromatic rings. The maximum Gasteiger partial charge on any atom is 0.471 e. The summed E-state index contributed by atoms with van der Waals surface area (Å²) >= 11 is 0. The molecule has 1 fully saturated rings. The van der Waals surface area contributed by atoms with E-state index in [1.807, 2.05) is 0 Å². The quantitative estimate of drug-likeness (QED) is 0.203. The molecule has 4 N–H and O–H groups in total. The number of nitrogens with one attached hydrogen (secondary N) is 2. The van der Waals surface area contributed by atoms with Gasteiger partial charge < -0.3 is 25.7 Å². The van der Waals surface area contributed by atoms with E-state index in [0.717, 1.165) is 5.56 Å². The van der Waals surface area contributed by atoms with E-state index in [0.29, 0.717) is 43.0 Å². The molecule has 0 aliphatic carbocycles. The van der Waals surface area contributed by atoms with Crippen molar-refractivity contribution < 1.29 is 47.4 Å². The zero-order chi connectivity index (χ0) is 30.7. The number of phenols is 1. The molecule has 3 rings (SSSR count). The minimum atomic E-state index is -4.91. The fourth-order valence-corrected chi connectivity index (χ4v) is 3.80. The molecule has 1 aliphatic rings. The normalized spacial score (nSPS) is 15.2. The number of hydrogen-bond acceptors (Lipinski definition) is 9. The second kappa shape index (κ2) is 14.9. The molecule has 1 atom stereocenters. The smallest absolute Gasteiger partial charge is 0.471 e. The molecule has 1 saturated heterocycles. The van der Waals surface area contributed by atoms with Gasteiger partial charge in [-0.25, -0.2) is 4.79 Å². The Balaban J connectivity index is 1.40. The lowest BCUT2D eigenvalue weighted by molar-refractivity contribution is -0.191. The van der Waals surface area contributed by atoms with Crippen molar-refractivity contribution in [1.29, 1.82) is 0 Å². The van der Waals surface area contributed by atoms with Crippen LogP contribution in [0.5, 0.6) is 5.75 Å². The van der Waals surface area contributed by atoms with E-state index in [1.54, 1.807) is 17.4 Å². The number of phenolic OH excluding ortho intramolecular Hbond substituents is 1. The average molecular weight is 594 g/mol. The van der Waals surface area contributed by atoms with Crippen molar-refractivity contribution in [3.8, 4) is 5.75 Å². The number of carbonyl (C=O) groups excluding carboxylic acids is 4.